The van der Waals surface area contributed by atoms with Gasteiger partial charge in [-0.1, -0.05) is 0 Å². The van der Waals surface area contributed by atoms with Crippen LogP contribution in [0.5, 0.6) is 0 Å². The number of benzene rings is 1. The van der Waals surface area contributed by atoms with Crippen LogP contribution in [0, 0.1) is 11.3 Å². The summed E-state index contributed by atoms with van der Waals surface area (Å²) in [7, 11) is 0. The fourth-order valence-corrected chi connectivity index (χ4v) is 7.93. The Morgan fingerprint density at radius 2 is 1.78 bits per heavy atom. The van der Waals surface area contributed by atoms with Gasteiger partial charge in [-0.05, 0) is 94.5 Å². The summed E-state index contributed by atoms with van der Waals surface area (Å²) in [5.41, 5.74) is 1.22. The number of nitrogens with zero attached hydrogens (tertiary/aromatic N) is 4. The first-order chi connectivity index (χ1) is 21.7. The molecule has 1 aliphatic carbocycles. The standard InChI is InChI=1S/C33H41F3N6O3S/c1-31(2,3)45-30(44)41-11-8-21(9-12-41)18-37-28(43)22-4-6-23(7-5-22)40-24-15-32(16-24)10-13-42(19-32)27-26-14-25(17-33(34,35)36)46-29(26)39-20-38-27/h4-7,14,20-21,24,40H,8-13,15-19H2,1-3H3,(H,37,43). The number of fused-ring (bicyclic) bond motifs is 1. The largest absolute Gasteiger partial charge is 0.444 e. The maximum absolute atomic E-state index is 13.0. The number of hydrogen-bond acceptors (Lipinski definition) is 8. The lowest BCUT2D eigenvalue weighted by molar-refractivity contribution is -0.126. The van der Waals surface area contributed by atoms with E-state index in [-0.39, 0.29) is 22.3 Å². The molecule has 3 fully saturated rings. The van der Waals surface area contributed by atoms with Gasteiger partial charge in [0, 0.05) is 54.9 Å². The Bertz CT molecular complexity index is 1560. The molecule has 0 atom stereocenters. The van der Waals surface area contributed by atoms with E-state index < -0.39 is 18.2 Å². The van der Waals surface area contributed by atoms with Gasteiger partial charge in [0.15, 0.2) is 0 Å². The third kappa shape index (κ3) is 7.67. The van der Waals surface area contributed by atoms with Crippen LogP contribution in [-0.2, 0) is 11.2 Å². The van der Waals surface area contributed by atoms with Crippen molar-refractivity contribution in [3.63, 3.8) is 0 Å². The summed E-state index contributed by atoms with van der Waals surface area (Å²) in [6.07, 6.45) is 0.611. The molecule has 9 nitrogen and oxygen atoms in total. The van der Waals surface area contributed by atoms with Crippen LogP contribution in [0.25, 0.3) is 10.2 Å². The number of aromatic nitrogens is 2. The van der Waals surface area contributed by atoms with Crippen LogP contribution in [0.1, 0.15) is 68.1 Å². The van der Waals surface area contributed by atoms with Gasteiger partial charge in [-0.25, -0.2) is 14.8 Å². The predicted molar refractivity (Wildman–Crippen MR) is 172 cm³/mol. The molecule has 6 rings (SSSR count). The number of carbonyl (C=O) groups excluding carboxylic acids is 2. The number of ether oxygens (including phenoxy) is 1. The van der Waals surface area contributed by atoms with E-state index in [1.165, 1.54) is 6.33 Å². The van der Waals surface area contributed by atoms with Crippen molar-refractivity contribution in [3.8, 4) is 0 Å². The van der Waals surface area contributed by atoms with Crippen molar-refractivity contribution in [2.24, 2.45) is 11.3 Å². The van der Waals surface area contributed by atoms with E-state index in [2.05, 4.69) is 25.5 Å². The highest BCUT2D eigenvalue weighted by molar-refractivity contribution is 7.18. The van der Waals surface area contributed by atoms with Gasteiger partial charge in [-0.3, -0.25) is 4.79 Å². The number of halogens is 3. The molecule has 0 bridgehead atoms. The predicted octanol–water partition coefficient (Wildman–Crippen LogP) is 6.64. The molecular formula is C33H41F3N6O3S. The summed E-state index contributed by atoms with van der Waals surface area (Å²) in [5, 5.41) is 7.34. The monoisotopic (exact) mass is 658 g/mol. The lowest BCUT2D eigenvalue weighted by Gasteiger charge is -2.46. The molecule has 3 aromatic rings. The Morgan fingerprint density at radius 1 is 1.07 bits per heavy atom. The quantitative estimate of drug-likeness (QED) is 0.294. The van der Waals surface area contributed by atoms with E-state index in [0.29, 0.717) is 47.4 Å². The van der Waals surface area contributed by atoms with Gasteiger partial charge >= 0.3 is 12.3 Å². The highest BCUT2D eigenvalue weighted by Crippen LogP contribution is 2.50. The van der Waals surface area contributed by atoms with Gasteiger partial charge in [-0.15, -0.1) is 11.3 Å². The molecule has 1 spiro atoms. The number of piperidine rings is 1. The fraction of sp³-hybridized carbons (Fsp3) is 0.576. The van der Waals surface area contributed by atoms with Crippen molar-refractivity contribution in [2.75, 3.05) is 42.9 Å². The summed E-state index contributed by atoms with van der Waals surface area (Å²) in [6, 6.07) is 9.46. The molecular weight excluding hydrogens is 617 g/mol. The van der Waals surface area contributed by atoms with E-state index in [1.807, 2.05) is 45.0 Å². The minimum Gasteiger partial charge on any atom is -0.444 e. The number of rotatable bonds is 7. The Morgan fingerprint density at radius 3 is 2.46 bits per heavy atom. The van der Waals surface area contributed by atoms with Gasteiger partial charge in [0.1, 0.15) is 22.6 Å². The van der Waals surface area contributed by atoms with Crippen molar-refractivity contribution in [1.29, 1.82) is 0 Å². The van der Waals surface area contributed by atoms with Crippen molar-refractivity contribution in [3.05, 3.63) is 47.1 Å². The average Bonchev–Trinajstić information content (AvgIpc) is 3.59. The van der Waals surface area contributed by atoms with Crippen LogP contribution in [-0.4, -0.2) is 77.4 Å². The van der Waals surface area contributed by atoms with Crippen LogP contribution >= 0.6 is 11.3 Å². The number of likely N-dealkylation sites (tertiary alicyclic amines) is 1. The van der Waals surface area contributed by atoms with Gasteiger partial charge in [0.2, 0.25) is 0 Å². The first kappa shape index (κ1) is 32.3. The SMILES string of the molecule is CC(C)(C)OC(=O)N1CCC(CNC(=O)c2ccc(NC3CC4(CCN(c5ncnc6sc(CC(F)(F)F)cc56)C4)C3)cc2)CC1. The summed E-state index contributed by atoms with van der Waals surface area (Å²) in [6.45, 7) is 9.04. The van der Waals surface area contributed by atoms with E-state index in [4.69, 9.17) is 4.74 Å². The molecule has 0 radical (unpaired) electrons. The van der Waals surface area contributed by atoms with E-state index in [9.17, 15) is 22.8 Å². The van der Waals surface area contributed by atoms with Crippen LogP contribution in [0.3, 0.4) is 0 Å². The minimum absolute atomic E-state index is 0.107. The molecule has 0 unspecified atom stereocenters. The van der Waals surface area contributed by atoms with Gasteiger partial charge in [0.05, 0.1) is 11.8 Å². The number of alkyl halides is 3. The molecule has 4 heterocycles. The van der Waals surface area contributed by atoms with Crippen LogP contribution in [0.15, 0.2) is 36.7 Å². The normalized spacial score (nSPS) is 22.3. The van der Waals surface area contributed by atoms with E-state index >= 15 is 0 Å². The van der Waals surface area contributed by atoms with E-state index in [0.717, 1.165) is 68.0 Å². The smallest absolute Gasteiger partial charge is 0.410 e. The van der Waals surface area contributed by atoms with Crippen molar-refractivity contribution in [1.82, 2.24) is 20.2 Å². The number of amides is 2. The molecule has 13 heteroatoms. The van der Waals surface area contributed by atoms with E-state index in [1.54, 1.807) is 11.0 Å². The van der Waals surface area contributed by atoms with Crippen molar-refractivity contribution < 1.29 is 27.5 Å². The maximum atomic E-state index is 13.0. The van der Waals surface area contributed by atoms with Crippen LogP contribution < -0.4 is 15.5 Å². The zero-order valence-electron chi connectivity index (χ0n) is 26.5. The molecule has 2 aliphatic heterocycles. The molecule has 2 saturated heterocycles. The molecule has 46 heavy (non-hydrogen) atoms. The zero-order valence-corrected chi connectivity index (χ0v) is 27.3. The maximum Gasteiger partial charge on any atom is 0.410 e. The Kier molecular flexibility index (Phi) is 8.81. The third-order valence-corrected chi connectivity index (χ3v) is 10.2. The first-order valence-electron chi connectivity index (χ1n) is 15.9. The lowest BCUT2D eigenvalue weighted by Crippen LogP contribution is -2.46. The molecule has 1 aromatic carbocycles. The number of hydrogen-bond donors (Lipinski definition) is 2. The van der Waals surface area contributed by atoms with Crippen molar-refractivity contribution >= 4 is 45.1 Å². The highest BCUT2D eigenvalue weighted by atomic mass is 32.1. The Labute approximate surface area is 270 Å². The fourth-order valence-electron chi connectivity index (χ4n) is 6.91. The molecule has 2 N–H and O–H groups in total. The zero-order chi connectivity index (χ0) is 32.7. The summed E-state index contributed by atoms with van der Waals surface area (Å²) in [4.78, 5) is 38.6. The van der Waals surface area contributed by atoms with Gasteiger partial charge < -0.3 is 25.2 Å². The topological polar surface area (TPSA) is 99.7 Å². The summed E-state index contributed by atoms with van der Waals surface area (Å²) < 4.78 is 44.3. The molecule has 248 valence electrons. The van der Waals surface area contributed by atoms with Crippen LogP contribution in [0.4, 0.5) is 29.5 Å². The number of thiophene rings is 1. The minimum atomic E-state index is -4.25. The number of anilines is 2. The highest BCUT2D eigenvalue weighted by Gasteiger charge is 2.49. The Balaban J connectivity index is 0.944. The van der Waals surface area contributed by atoms with Crippen molar-refractivity contribution in [2.45, 2.75) is 77.1 Å². The number of nitrogens with one attached hydrogen (secondary N) is 2. The molecule has 2 amide bonds. The number of carbonyl (C=O) groups is 2. The third-order valence-electron chi connectivity index (χ3n) is 9.17. The summed E-state index contributed by atoms with van der Waals surface area (Å²) >= 11 is 1.08. The second kappa shape index (κ2) is 12.5. The second-order valence-corrected chi connectivity index (χ2v) is 15.2. The Hall–Kier alpha value is -3.61. The lowest BCUT2D eigenvalue weighted by atomic mass is 9.65. The van der Waals surface area contributed by atoms with Gasteiger partial charge in [0.25, 0.3) is 5.91 Å². The first-order valence-corrected chi connectivity index (χ1v) is 16.7. The molecule has 2 aromatic heterocycles. The summed E-state index contributed by atoms with van der Waals surface area (Å²) in [5.74, 6) is 0.936. The average molecular weight is 659 g/mol. The molecule has 1 saturated carbocycles. The second-order valence-electron chi connectivity index (χ2n) is 14.0. The van der Waals surface area contributed by atoms with Gasteiger partial charge in [-0.2, -0.15) is 13.2 Å². The van der Waals surface area contributed by atoms with Crippen LogP contribution in [0.2, 0.25) is 0 Å². The molecule has 3 aliphatic rings.